The molecule has 0 spiro atoms. The normalized spacial score (nSPS) is 12.6. The molecule has 5 heteroatoms. The maximum atomic E-state index is 6.03. The van der Waals surface area contributed by atoms with Crippen molar-refractivity contribution in [2.24, 2.45) is 0 Å². The molecule has 0 aliphatic carbocycles. The second-order valence-electron chi connectivity index (χ2n) is 4.58. The van der Waals surface area contributed by atoms with Crippen LogP contribution in [0.3, 0.4) is 0 Å². The first-order chi connectivity index (χ1) is 9.60. The van der Waals surface area contributed by atoms with Gasteiger partial charge in [0.25, 0.3) is 0 Å². The van der Waals surface area contributed by atoms with E-state index in [-0.39, 0.29) is 0 Å². The van der Waals surface area contributed by atoms with Crippen LogP contribution in [-0.2, 0) is 6.42 Å². The van der Waals surface area contributed by atoms with Crippen molar-refractivity contribution in [2.75, 3.05) is 6.54 Å². The molecule has 0 bridgehead atoms. The van der Waals surface area contributed by atoms with Crippen LogP contribution < -0.4 is 5.32 Å². The Kier molecular flexibility index (Phi) is 6.56. The molecule has 1 unspecified atom stereocenters. The lowest BCUT2D eigenvalue weighted by atomic mass is 10.0. The van der Waals surface area contributed by atoms with Gasteiger partial charge >= 0.3 is 0 Å². The Hall–Kier alpha value is 0.130. The van der Waals surface area contributed by atoms with Crippen LogP contribution >= 0.6 is 54.8 Å². The van der Waals surface area contributed by atoms with Crippen LogP contribution in [0.2, 0.25) is 5.02 Å². The van der Waals surface area contributed by atoms with Gasteiger partial charge in [0.15, 0.2) is 0 Å². The van der Waals surface area contributed by atoms with Crippen molar-refractivity contribution in [3.63, 3.8) is 0 Å². The Balaban J connectivity index is 2.22. The van der Waals surface area contributed by atoms with Gasteiger partial charge in [-0.15, -0.1) is 11.3 Å². The maximum Gasteiger partial charge on any atom is 0.0701 e. The summed E-state index contributed by atoms with van der Waals surface area (Å²) in [6.07, 6.45) is 2.10. The third kappa shape index (κ3) is 4.57. The van der Waals surface area contributed by atoms with Crippen LogP contribution in [0.5, 0.6) is 0 Å². The van der Waals surface area contributed by atoms with E-state index in [0.717, 1.165) is 28.9 Å². The van der Waals surface area contributed by atoms with Crippen molar-refractivity contribution < 1.29 is 0 Å². The molecule has 1 aromatic heterocycles. The molecule has 1 heterocycles. The van der Waals surface area contributed by atoms with Gasteiger partial charge in [-0.2, -0.15) is 0 Å². The van der Waals surface area contributed by atoms with Gasteiger partial charge in [0.2, 0.25) is 0 Å². The molecule has 20 heavy (non-hydrogen) atoms. The van der Waals surface area contributed by atoms with Gasteiger partial charge in [-0.25, -0.2) is 0 Å². The fraction of sp³-hybridized carbons (Fsp3) is 0.333. The summed E-state index contributed by atoms with van der Waals surface area (Å²) in [6.45, 7) is 3.19. The summed E-state index contributed by atoms with van der Waals surface area (Å²) in [6, 6.07) is 10.6. The molecule has 1 aromatic carbocycles. The predicted octanol–water partition coefficient (Wildman–Crippen LogP) is 6.21. The maximum absolute atomic E-state index is 6.03. The van der Waals surface area contributed by atoms with Gasteiger partial charge in [-0.05, 0) is 58.7 Å². The van der Waals surface area contributed by atoms with Gasteiger partial charge in [-0.1, -0.05) is 40.5 Å². The van der Waals surface area contributed by atoms with E-state index >= 15 is 0 Å². The van der Waals surface area contributed by atoms with E-state index in [1.54, 1.807) is 11.3 Å². The minimum Gasteiger partial charge on any atom is -0.310 e. The number of thiophene rings is 1. The van der Waals surface area contributed by atoms with E-state index < -0.39 is 0 Å². The molecule has 0 fully saturated rings. The SMILES string of the molecule is CCCNC(Cc1ccc(Br)s1)c1ccc(Cl)cc1Br. The van der Waals surface area contributed by atoms with Crippen LogP contribution in [-0.4, -0.2) is 6.54 Å². The Morgan fingerprint density at radius 1 is 1.25 bits per heavy atom. The van der Waals surface area contributed by atoms with Crippen molar-refractivity contribution in [3.8, 4) is 0 Å². The molecule has 0 aliphatic rings. The van der Waals surface area contributed by atoms with Crippen LogP contribution in [0.15, 0.2) is 38.6 Å². The highest BCUT2D eigenvalue weighted by atomic mass is 79.9. The van der Waals surface area contributed by atoms with E-state index in [0.29, 0.717) is 6.04 Å². The van der Waals surface area contributed by atoms with E-state index in [4.69, 9.17) is 11.6 Å². The fourth-order valence-electron chi connectivity index (χ4n) is 2.06. The van der Waals surface area contributed by atoms with Crippen molar-refractivity contribution in [2.45, 2.75) is 25.8 Å². The third-order valence-electron chi connectivity index (χ3n) is 3.01. The van der Waals surface area contributed by atoms with E-state index in [2.05, 4.69) is 62.3 Å². The third-order valence-corrected chi connectivity index (χ3v) is 5.58. The second kappa shape index (κ2) is 7.95. The Morgan fingerprint density at radius 3 is 2.65 bits per heavy atom. The smallest absolute Gasteiger partial charge is 0.0701 e. The van der Waals surface area contributed by atoms with Crippen molar-refractivity contribution in [3.05, 3.63) is 54.1 Å². The standard InChI is InChI=1S/C15H16Br2ClNS/c1-2-7-19-14(9-11-4-6-15(17)20-11)12-5-3-10(18)8-13(12)16/h3-6,8,14,19H,2,7,9H2,1H3. The van der Waals surface area contributed by atoms with Crippen LogP contribution in [0.4, 0.5) is 0 Å². The Labute approximate surface area is 146 Å². The van der Waals surface area contributed by atoms with Gasteiger partial charge in [0.1, 0.15) is 0 Å². The monoisotopic (exact) mass is 435 g/mol. The quantitative estimate of drug-likeness (QED) is 0.566. The molecule has 0 amide bonds. The van der Waals surface area contributed by atoms with Crippen LogP contribution in [0, 0.1) is 0 Å². The molecule has 108 valence electrons. The molecule has 0 saturated heterocycles. The molecular formula is C15H16Br2ClNS. The number of nitrogens with one attached hydrogen (secondary N) is 1. The molecule has 1 nitrogen and oxygen atoms in total. The minimum atomic E-state index is 0.298. The first kappa shape index (κ1) is 16.5. The van der Waals surface area contributed by atoms with Gasteiger partial charge < -0.3 is 5.32 Å². The van der Waals surface area contributed by atoms with Gasteiger partial charge in [0, 0.05) is 26.8 Å². The van der Waals surface area contributed by atoms with Crippen molar-refractivity contribution in [1.82, 2.24) is 5.32 Å². The van der Waals surface area contributed by atoms with E-state index in [1.165, 1.54) is 14.2 Å². The Bertz CT molecular complexity index is 571. The molecule has 1 N–H and O–H groups in total. The molecule has 0 aliphatic heterocycles. The van der Waals surface area contributed by atoms with E-state index in [1.807, 2.05) is 12.1 Å². The lowest BCUT2D eigenvalue weighted by Crippen LogP contribution is -2.24. The summed E-state index contributed by atoms with van der Waals surface area (Å²) in [5, 5.41) is 4.38. The average Bonchev–Trinajstić information content (AvgIpc) is 2.80. The average molecular weight is 438 g/mol. The highest BCUT2D eigenvalue weighted by Gasteiger charge is 2.15. The summed E-state index contributed by atoms with van der Waals surface area (Å²) in [4.78, 5) is 1.37. The summed E-state index contributed by atoms with van der Waals surface area (Å²) < 4.78 is 2.24. The summed E-state index contributed by atoms with van der Waals surface area (Å²) in [5.74, 6) is 0. The summed E-state index contributed by atoms with van der Waals surface area (Å²) in [7, 11) is 0. The second-order valence-corrected chi connectivity index (χ2v) is 8.42. The zero-order valence-corrected chi connectivity index (χ0v) is 15.9. The largest absolute Gasteiger partial charge is 0.310 e. The number of hydrogen-bond donors (Lipinski definition) is 1. The number of rotatable bonds is 6. The molecule has 0 radical (unpaired) electrons. The topological polar surface area (TPSA) is 12.0 Å². The molecule has 1 atom stereocenters. The highest BCUT2D eigenvalue weighted by molar-refractivity contribution is 9.11. The summed E-state index contributed by atoms with van der Waals surface area (Å²) in [5.41, 5.74) is 1.26. The van der Waals surface area contributed by atoms with Gasteiger partial charge in [-0.3, -0.25) is 0 Å². The lowest BCUT2D eigenvalue weighted by molar-refractivity contribution is 0.530. The van der Waals surface area contributed by atoms with Crippen LogP contribution in [0.25, 0.3) is 0 Å². The van der Waals surface area contributed by atoms with Gasteiger partial charge in [0.05, 0.1) is 3.79 Å². The number of hydrogen-bond acceptors (Lipinski definition) is 2. The first-order valence-corrected chi connectivity index (χ1v) is 9.30. The molecule has 2 aromatic rings. The molecular weight excluding hydrogens is 422 g/mol. The summed E-state index contributed by atoms with van der Waals surface area (Å²) >= 11 is 15.0. The zero-order valence-electron chi connectivity index (χ0n) is 11.1. The van der Waals surface area contributed by atoms with E-state index in [9.17, 15) is 0 Å². The lowest BCUT2D eigenvalue weighted by Gasteiger charge is -2.20. The zero-order chi connectivity index (χ0) is 14.5. The van der Waals surface area contributed by atoms with Crippen LogP contribution in [0.1, 0.15) is 29.8 Å². The molecule has 2 rings (SSSR count). The first-order valence-electron chi connectivity index (χ1n) is 6.52. The molecule has 0 saturated carbocycles. The predicted molar refractivity (Wildman–Crippen MR) is 95.9 cm³/mol. The number of benzene rings is 1. The van der Waals surface area contributed by atoms with Crippen molar-refractivity contribution in [1.29, 1.82) is 0 Å². The van der Waals surface area contributed by atoms with Crippen molar-refractivity contribution >= 4 is 54.8 Å². The number of halogens is 3. The minimum absolute atomic E-state index is 0.298. The fourth-order valence-corrected chi connectivity index (χ4v) is 4.54. The Morgan fingerprint density at radius 2 is 2.05 bits per heavy atom. The highest BCUT2D eigenvalue weighted by Crippen LogP contribution is 2.31.